The van der Waals surface area contributed by atoms with Crippen molar-refractivity contribution in [3.8, 4) is 0 Å². The molecule has 0 fully saturated rings. The number of benzene rings is 2. The van der Waals surface area contributed by atoms with E-state index >= 15 is 0 Å². The first kappa shape index (κ1) is 14.0. The Kier molecular flexibility index (Phi) is 4.00. The second kappa shape index (κ2) is 5.71. The van der Waals surface area contributed by atoms with Crippen molar-refractivity contribution in [3.63, 3.8) is 0 Å². The van der Waals surface area contributed by atoms with Gasteiger partial charge in [-0.2, -0.15) is 0 Å². The maximum atomic E-state index is 13.2. The summed E-state index contributed by atoms with van der Waals surface area (Å²) in [5.41, 5.74) is 5.64. The van der Waals surface area contributed by atoms with Crippen LogP contribution in [0, 0.1) is 19.7 Å². The molecule has 1 amide bonds. The van der Waals surface area contributed by atoms with Crippen LogP contribution in [0.2, 0.25) is 0 Å². The van der Waals surface area contributed by atoms with Gasteiger partial charge in [0.15, 0.2) is 0 Å². The van der Waals surface area contributed by atoms with E-state index < -0.39 is 5.82 Å². The van der Waals surface area contributed by atoms with Crippen LogP contribution in [0.15, 0.2) is 36.4 Å². The zero-order valence-corrected chi connectivity index (χ0v) is 11.3. The summed E-state index contributed by atoms with van der Waals surface area (Å²) < 4.78 is 13.2. The van der Waals surface area contributed by atoms with Crippen LogP contribution in [0.25, 0.3) is 0 Å². The molecule has 0 saturated carbocycles. The van der Waals surface area contributed by atoms with E-state index in [1.54, 1.807) is 25.1 Å². The average Bonchev–Trinajstić information content (AvgIpc) is 2.42. The quantitative estimate of drug-likeness (QED) is 0.595. The summed E-state index contributed by atoms with van der Waals surface area (Å²) in [6.07, 6.45) is 0. The highest BCUT2D eigenvalue weighted by Gasteiger charge is 2.12. The van der Waals surface area contributed by atoms with Gasteiger partial charge >= 0.3 is 0 Å². The Bertz CT molecular complexity index is 656. The summed E-state index contributed by atoms with van der Waals surface area (Å²) in [7, 11) is 0. The molecule has 0 unspecified atom stereocenters. The molecule has 0 aliphatic heterocycles. The predicted octanol–water partition coefficient (Wildman–Crippen LogP) is 2.98. The van der Waals surface area contributed by atoms with Gasteiger partial charge in [-0.25, -0.2) is 4.39 Å². The summed E-state index contributed by atoms with van der Waals surface area (Å²) in [6.45, 7) is 3.70. The van der Waals surface area contributed by atoms with Crippen LogP contribution in [-0.2, 0) is 0 Å². The second-order valence-electron chi connectivity index (χ2n) is 4.61. The van der Waals surface area contributed by atoms with Crippen LogP contribution in [0.5, 0.6) is 0 Å². The van der Waals surface area contributed by atoms with Gasteiger partial charge in [0, 0.05) is 5.69 Å². The minimum atomic E-state index is -0.396. The first-order chi connectivity index (χ1) is 9.51. The molecule has 0 radical (unpaired) electrons. The molecule has 0 aromatic heterocycles. The number of aryl methyl sites for hydroxylation is 2. The number of hydrazine groups is 1. The first-order valence-corrected chi connectivity index (χ1v) is 6.16. The van der Waals surface area contributed by atoms with Crippen molar-refractivity contribution in [3.05, 3.63) is 58.9 Å². The number of rotatable bonds is 3. The van der Waals surface area contributed by atoms with Crippen LogP contribution >= 0.6 is 0 Å². The van der Waals surface area contributed by atoms with Gasteiger partial charge in [0.1, 0.15) is 5.82 Å². The van der Waals surface area contributed by atoms with E-state index in [1.807, 2.05) is 13.0 Å². The number of carbonyl (C=O) groups excluding carboxylic acids is 1. The molecule has 0 bridgehead atoms. The Morgan fingerprint density at radius 1 is 1.10 bits per heavy atom. The molecule has 0 aliphatic rings. The molecular formula is C15H16FN3O. The van der Waals surface area contributed by atoms with E-state index in [0.717, 1.165) is 11.1 Å². The lowest BCUT2D eigenvalue weighted by Gasteiger charge is -2.12. The standard InChI is InChI=1S/C15H16FN3O/c1-9-3-6-12(14(7-9)19-17)15(20)18-13-8-11(16)5-4-10(13)2/h3-8,19H,17H2,1-2H3,(H,18,20). The van der Waals surface area contributed by atoms with Crippen molar-refractivity contribution >= 4 is 17.3 Å². The highest BCUT2D eigenvalue weighted by molar-refractivity contribution is 6.08. The van der Waals surface area contributed by atoms with E-state index in [-0.39, 0.29) is 5.91 Å². The smallest absolute Gasteiger partial charge is 0.257 e. The monoisotopic (exact) mass is 273 g/mol. The molecule has 104 valence electrons. The molecule has 0 heterocycles. The van der Waals surface area contributed by atoms with Crippen molar-refractivity contribution in [2.75, 3.05) is 10.7 Å². The van der Waals surface area contributed by atoms with E-state index in [4.69, 9.17) is 5.84 Å². The molecule has 0 spiro atoms. The zero-order chi connectivity index (χ0) is 14.7. The molecule has 4 nitrogen and oxygen atoms in total. The molecule has 20 heavy (non-hydrogen) atoms. The fraction of sp³-hybridized carbons (Fsp3) is 0.133. The van der Waals surface area contributed by atoms with Gasteiger partial charge in [0.05, 0.1) is 11.3 Å². The number of anilines is 2. The van der Waals surface area contributed by atoms with Gasteiger partial charge in [-0.15, -0.1) is 0 Å². The van der Waals surface area contributed by atoms with E-state index in [9.17, 15) is 9.18 Å². The summed E-state index contributed by atoms with van der Waals surface area (Å²) in [4.78, 5) is 12.2. The number of nitrogens with two attached hydrogens (primary N) is 1. The van der Waals surface area contributed by atoms with E-state index in [0.29, 0.717) is 16.9 Å². The van der Waals surface area contributed by atoms with Crippen LogP contribution in [-0.4, -0.2) is 5.91 Å². The van der Waals surface area contributed by atoms with Crippen LogP contribution in [0.3, 0.4) is 0 Å². The Morgan fingerprint density at radius 3 is 2.55 bits per heavy atom. The van der Waals surface area contributed by atoms with Gasteiger partial charge in [-0.1, -0.05) is 12.1 Å². The predicted molar refractivity (Wildman–Crippen MR) is 78.1 cm³/mol. The minimum absolute atomic E-state index is 0.341. The molecule has 0 atom stereocenters. The summed E-state index contributed by atoms with van der Waals surface area (Å²) >= 11 is 0. The Hall–Kier alpha value is -2.40. The molecule has 2 aromatic carbocycles. The third-order valence-corrected chi connectivity index (χ3v) is 3.02. The van der Waals surface area contributed by atoms with Gasteiger partial charge < -0.3 is 10.7 Å². The fourth-order valence-electron chi connectivity index (χ4n) is 1.89. The number of amides is 1. The van der Waals surface area contributed by atoms with Crippen molar-refractivity contribution in [2.45, 2.75) is 13.8 Å². The van der Waals surface area contributed by atoms with Crippen molar-refractivity contribution in [1.82, 2.24) is 0 Å². The maximum absolute atomic E-state index is 13.2. The van der Waals surface area contributed by atoms with Gasteiger partial charge in [-0.05, 0) is 49.2 Å². The minimum Gasteiger partial charge on any atom is -0.323 e. The number of hydrogen-bond acceptors (Lipinski definition) is 3. The van der Waals surface area contributed by atoms with Crippen LogP contribution < -0.4 is 16.6 Å². The molecule has 0 saturated heterocycles. The van der Waals surface area contributed by atoms with E-state index in [2.05, 4.69) is 10.7 Å². The Balaban J connectivity index is 2.30. The SMILES string of the molecule is Cc1ccc(C(=O)Nc2cc(F)ccc2C)c(NN)c1. The highest BCUT2D eigenvalue weighted by Crippen LogP contribution is 2.21. The summed E-state index contributed by atoms with van der Waals surface area (Å²) in [5.74, 6) is 4.68. The highest BCUT2D eigenvalue weighted by atomic mass is 19.1. The number of carbonyl (C=O) groups is 1. The molecule has 5 heteroatoms. The van der Waals surface area contributed by atoms with Crippen molar-refractivity contribution in [1.29, 1.82) is 0 Å². The second-order valence-corrected chi connectivity index (χ2v) is 4.61. The largest absolute Gasteiger partial charge is 0.323 e. The normalized spacial score (nSPS) is 10.2. The van der Waals surface area contributed by atoms with Crippen LogP contribution in [0.4, 0.5) is 15.8 Å². The molecule has 2 rings (SSSR count). The maximum Gasteiger partial charge on any atom is 0.257 e. The van der Waals surface area contributed by atoms with E-state index in [1.165, 1.54) is 12.1 Å². The lowest BCUT2D eigenvalue weighted by atomic mass is 10.1. The van der Waals surface area contributed by atoms with Crippen LogP contribution in [0.1, 0.15) is 21.5 Å². The number of halogens is 1. The molecular weight excluding hydrogens is 257 g/mol. The van der Waals surface area contributed by atoms with Crippen molar-refractivity contribution in [2.24, 2.45) is 5.84 Å². The topological polar surface area (TPSA) is 67.2 Å². The molecule has 2 aromatic rings. The lowest BCUT2D eigenvalue weighted by molar-refractivity contribution is 0.102. The fourth-order valence-corrected chi connectivity index (χ4v) is 1.89. The van der Waals surface area contributed by atoms with Gasteiger partial charge in [0.2, 0.25) is 0 Å². The van der Waals surface area contributed by atoms with Gasteiger partial charge in [-0.3, -0.25) is 10.6 Å². The summed E-state index contributed by atoms with van der Waals surface area (Å²) in [5, 5.41) is 2.69. The zero-order valence-electron chi connectivity index (χ0n) is 11.3. The molecule has 4 N–H and O–H groups in total. The Labute approximate surface area is 116 Å². The molecule has 0 aliphatic carbocycles. The van der Waals surface area contributed by atoms with Gasteiger partial charge in [0.25, 0.3) is 5.91 Å². The summed E-state index contributed by atoms with van der Waals surface area (Å²) in [6, 6.07) is 9.51. The lowest BCUT2D eigenvalue weighted by Crippen LogP contribution is -2.18. The third-order valence-electron chi connectivity index (χ3n) is 3.02. The first-order valence-electron chi connectivity index (χ1n) is 6.16. The third kappa shape index (κ3) is 2.95. The number of nitrogens with one attached hydrogen (secondary N) is 2. The number of hydrogen-bond donors (Lipinski definition) is 3. The van der Waals surface area contributed by atoms with Crippen molar-refractivity contribution < 1.29 is 9.18 Å². The average molecular weight is 273 g/mol. The Morgan fingerprint density at radius 2 is 1.85 bits per heavy atom. The number of nitrogen functional groups attached to an aromatic ring is 1.